The summed E-state index contributed by atoms with van der Waals surface area (Å²) in [5, 5.41) is 4.44. The lowest BCUT2D eigenvalue weighted by molar-refractivity contribution is 0.415. The molecule has 0 aliphatic heterocycles. The van der Waals surface area contributed by atoms with Crippen LogP contribution in [0.3, 0.4) is 0 Å². The summed E-state index contributed by atoms with van der Waals surface area (Å²) < 4.78 is 6.65. The topological polar surface area (TPSA) is 70.1 Å². The van der Waals surface area contributed by atoms with E-state index in [0.29, 0.717) is 12.1 Å². The highest BCUT2D eigenvalue weighted by atomic mass is 16.5. The van der Waals surface area contributed by atoms with Gasteiger partial charge in [0.05, 0.1) is 12.8 Å². The Balaban J connectivity index is 2.54. The molecule has 0 saturated carbocycles. The molecule has 0 bridgehead atoms. The summed E-state index contributed by atoms with van der Waals surface area (Å²) in [6.07, 6.45) is 0.845. The number of nitrogens with zero attached hydrogens (tertiary/aromatic N) is 2. The fourth-order valence-corrected chi connectivity index (χ4v) is 2.15. The summed E-state index contributed by atoms with van der Waals surface area (Å²) in [5.41, 5.74) is 8.07. The first kappa shape index (κ1) is 15.3. The van der Waals surface area contributed by atoms with Gasteiger partial charge in [0.15, 0.2) is 0 Å². The quantitative estimate of drug-likeness (QED) is 0.916. The first-order chi connectivity index (χ1) is 10.1. The monoisotopic (exact) mass is 287 g/mol. The predicted molar refractivity (Wildman–Crippen MR) is 83.4 cm³/mol. The average Bonchev–Trinajstić information content (AvgIpc) is 2.49. The van der Waals surface area contributed by atoms with E-state index in [1.165, 1.54) is 4.68 Å². The van der Waals surface area contributed by atoms with Crippen molar-refractivity contribution in [2.45, 2.75) is 32.9 Å². The Hall–Kier alpha value is -2.14. The first-order valence-corrected chi connectivity index (χ1v) is 7.09. The van der Waals surface area contributed by atoms with E-state index in [2.05, 4.69) is 5.10 Å². The van der Waals surface area contributed by atoms with Crippen LogP contribution in [0.4, 0.5) is 0 Å². The number of rotatable bonds is 5. The van der Waals surface area contributed by atoms with Gasteiger partial charge in [0.1, 0.15) is 5.75 Å². The molecule has 5 heteroatoms. The third-order valence-electron chi connectivity index (χ3n) is 3.31. The van der Waals surface area contributed by atoms with Crippen LogP contribution in [0.2, 0.25) is 0 Å². The second-order valence-corrected chi connectivity index (χ2v) is 5.03. The molecular formula is C16H21N3O2. The largest absolute Gasteiger partial charge is 0.497 e. The fraction of sp³-hybridized carbons (Fsp3) is 0.375. The van der Waals surface area contributed by atoms with Gasteiger partial charge in [-0.25, -0.2) is 4.68 Å². The zero-order chi connectivity index (χ0) is 15.4. The molecule has 2 aromatic rings. The zero-order valence-corrected chi connectivity index (χ0v) is 12.7. The molecule has 2 rings (SSSR count). The van der Waals surface area contributed by atoms with E-state index >= 15 is 0 Å². The van der Waals surface area contributed by atoms with Gasteiger partial charge >= 0.3 is 0 Å². The third-order valence-corrected chi connectivity index (χ3v) is 3.31. The van der Waals surface area contributed by atoms with Crippen LogP contribution in [0, 0.1) is 0 Å². The van der Waals surface area contributed by atoms with Gasteiger partial charge < -0.3 is 10.5 Å². The Labute approximate surface area is 124 Å². The Morgan fingerprint density at radius 1 is 1.33 bits per heavy atom. The highest BCUT2D eigenvalue weighted by molar-refractivity contribution is 5.60. The molecule has 1 aromatic carbocycles. The van der Waals surface area contributed by atoms with E-state index in [-0.39, 0.29) is 11.6 Å². The number of nitrogens with two attached hydrogens (primary N) is 1. The predicted octanol–water partition coefficient (Wildman–Crippen LogP) is 2.35. The normalized spacial score (nSPS) is 12.2. The van der Waals surface area contributed by atoms with Gasteiger partial charge in [-0.2, -0.15) is 5.10 Å². The minimum absolute atomic E-state index is 0.107. The summed E-state index contributed by atoms with van der Waals surface area (Å²) in [4.78, 5) is 12.3. The summed E-state index contributed by atoms with van der Waals surface area (Å²) in [5.74, 6) is 0.785. The van der Waals surface area contributed by atoms with E-state index < -0.39 is 0 Å². The fourth-order valence-electron chi connectivity index (χ4n) is 2.15. The second kappa shape index (κ2) is 6.54. The Morgan fingerprint density at radius 2 is 2.00 bits per heavy atom. The minimum atomic E-state index is -0.319. The van der Waals surface area contributed by atoms with Crippen molar-refractivity contribution in [1.82, 2.24) is 9.78 Å². The van der Waals surface area contributed by atoms with Crippen LogP contribution in [0.1, 0.15) is 31.9 Å². The van der Waals surface area contributed by atoms with Crippen molar-refractivity contribution in [3.63, 3.8) is 0 Å². The molecule has 0 spiro atoms. The van der Waals surface area contributed by atoms with E-state index in [1.54, 1.807) is 13.2 Å². The molecule has 0 aliphatic carbocycles. The van der Waals surface area contributed by atoms with Crippen LogP contribution in [0.5, 0.6) is 5.75 Å². The molecule has 1 unspecified atom stereocenters. The number of aromatic nitrogens is 2. The van der Waals surface area contributed by atoms with Gasteiger partial charge in [-0.05, 0) is 43.7 Å². The van der Waals surface area contributed by atoms with E-state index in [4.69, 9.17) is 10.5 Å². The highest BCUT2D eigenvalue weighted by Gasteiger charge is 2.12. The lowest BCUT2D eigenvalue weighted by Gasteiger charge is -2.12. The molecule has 0 saturated heterocycles. The number of methoxy groups -OCH3 is 1. The van der Waals surface area contributed by atoms with Crippen LogP contribution >= 0.6 is 0 Å². The summed E-state index contributed by atoms with van der Waals surface area (Å²) in [6, 6.07) is 9.05. The van der Waals surface area contributed by atoms with Gasteiger partial charge in [-0.1, -0.05) is 6.92 Å². The molecule has 5 nitrogen and oxygen atoms in total. The molecule has 0 radical (unpaired) electrons. The maximum atomic E-state index is 12.3. The molecule has 1 heterocycles. The van der Waals surface area contributed by atoms with Gasteiger partial charge in [-0.15, -0.1) is 0 Å². The number of hydrogen-bond acceptors (Lipinski definition) is 4. The second-order valence-electron chi connectivity index (χ2n) is 5.03. The number of hydrogen-bond donors (Lipinski definition) is 1. The molecule has 0 amide bonds. The van der Waals surface area contributed by atoms with Crippen molar-refractivity contribution >= 4 is 0 Å². The Morgan fingerprint density at radius 3 is 2.52 bits per heavy atom. The smallest absolute Gasteiger partial charge is 0.271 e. The summed E-state index contributed by atoms with van der Waals surface area (Å²) >= 11 is 0. The van der Waals surface area contributed by atoms with Gasteiger partial charge in [0, 0.05) is 23.7 Å². The van der Waals surface area contributed by atoms with E-state index in [1.807, 2.05) is 38.1 Å². The van der Waals surface area contributed by atoms with Crippen molar-refractivity contribution in [1.29, 1.82) is 0 Å². The van der Waals surface area contributed by atoms with Crippen molar-refractivity contribution < 1.29 is 4.74 Å². The van der Waals surface area contributed by atoms with Crippen molar-refractivity contribution in [3.05, 3.63) is 46.2 Å². The van der Waals surface area contributed by atoms with Gasteiger partial charge in [-0.3, -0.25) is 4.79 Å². The Bertz CT molecular complexity index is 660. The summed E-state index contributed by atoms with van der Waals surface area (Å²) in [7, 11) is 1.63. The maximum absolute atomic E-state index is 12.3. The molecule has 112 valence electrons. The standard InChI is InChI=1S/C16H21N3O2/c1-4-9-19-16(20)14(11(2)17)10-15(18-19)12-5-7-13(21-3)8-6-12/h5-8,10-11H,4,9,17H2,1-3H3. The lowest BCUT2D eigenvalue weighted by atomic mass is 10.1. The van der Waals surface area contributed by atoms with E-state index in [9.17, 15) is 4.79 Å². The highest BCUT2D eigenvalue weighted by Crippen LogP contribution is 2.21. The summed E-state index contributed by atoms with van der Waals surface area (Å²) in [6.45, 7) is 4.41. The molecule has 21 heavy (non-hydrogen) atoms. The van der Waals surface area contributed by atoms with E-state index in [0.717, 1.165) is 23.4 Å². The molecular weight excluding hydrogens is 266 g/mol. The number of benzene rings is 1. The maximum Gasteiger partial charge on any atom is 0.271 e. The third kappa shape index (κ3) is 3.31. The number of aryl methyl sites for hydroxylation is 1. The minimum Gasteiger partial charge on any atom is -0.497 e. The van der Waals surface area contributed by atoms with Gasteiger partial charge in [0.25, 0.3) is 5.56 Å². The molecule has 0 aliphatic rings. The lowest BCUT2D eigenvalue weighted by Crippen LogP contribution is -2.29. The van der Waals surface area contributed by atoms with Crippen LogP contribution < -0.4 is 16.0 Å². The van der Waals surface area contributed by atoms with Crippen LogP contribution in [0.15, 0.2) is 35.1 Å². The van der Waals surface area contributed by atoms with Crippen molar-refractivity contribution in [2.24, 2.45) is 5.73 Å². The Kier molecular flexibility index (Phi) is 4.75. The van der Waals surface area contributed by atoms with Crippen LogP contribution in [-0.2, 0) is 6.54 Å². The molecule has 2 N–H and O–H groups in total. The molecule has 0 fully saturated rings. The zero-order valence-electron chi connectivity index (χ0n) is 12.7. The van der Waals surface area contributed by atoms with Crippen LogP contribution in [-0.4, -0.2) is 16.9 Å². The van der Waals surface area contributed by atoms with Crippen LogP contribution in [0.25, 0.3) is 11.3 Å². The average molecular weight is 287 g/mol. The SMILES string of the molecule is CCCn1nc(-c2ccc(OC)cc2)cc(C(C)N)c1=O. The first-order valence-electron chi connectivity index (χ1n) is 7.09. The van der Waals surface area contributed by atoms with Crippen molar-refractivity contribution in [3.8, 4) is 17.0 Å². The number of ether oxygens (including phenoxy) is 1. The van der Waals surface area contributed by atoms with Crippen molar-refractivity contribution in [2.75, 3.05) is 7.11 Å². The molecule has 1 aromatic heterocycles. The van der Waals surface area contributed by atoms with Gasteiger partial charge in [0.2, 0.25) is 0 Å². The molecule has 1 atom stereocenters.